The quantitative estimate of drug-likeness (QED) is 0.895. The summed E-state index contributed by atoms with van der Waals surface area (Å²) in [5.74, 6) is 0.321. The van der Waals surface area contributed by atoms with E-state index in [0.29, 0.717) is 31.5 Å². The molecule has 0 saturated carbocycles. The molecule has 1 aliphatic heterocycles. The standard InChI is InChI=1S/C16H24N2O3/c1-3-21-16(20)18-10-8-13(9-11-18)17-12(2)14-6-4-5-7-15(14)19/h4-7,12-13,17,19H,3,8-11H2,1-2H3. The summed E-state index contributed by atoms with van der Waals surface area (Å²) < 4.78 is 5.02. The molecule has 0 aromatic heterocycles. The number of para-hydroxylation sites is 1. The smallest absolute Gasteiger partial charge is 0.409 e. The van der Waals surface area contributed by atoms with Crippen molar-refractivity contribution in [1.82, 2.24) is 10.2 Å². The van der Waals surface area contributed by atoms with Crippen molar-refractivity contribution in [3.8, 4) is 5.75 Å². The SMILES string of the molecule is CCOC(=O)N1CCC(NC(C)c2ccccc2O)CC1. The van der Waals surface area contributed by atoms with Crippen molar-refractivity contribution in [3.05, 3.63) is 29.8 Å². The van der Waals surface area contributed by atoms with E-state index in [1.807, 2.05) is 32.0 Å². The third kappa shape index (κ3) is 4.11. The number of carbonyl (C=O) groups excluding carboxylic acids is 1. The van der Waals surface area contributed by atoms with Crippen molar-refractivity contribution < 1.29 is 14.6 Å². The molecule has 1 atom stereocenters. The van der Waals surface area contributed by atoms with Crippen LogP contribution in [0.3, 0.4) is 0 Å². The van der Waals surface area contributed by atoms with Gasteiger partial charge < -0.3 is 20.1 Å². The fraction of sp³-hybridized carbons (Fsp3) is 0.562. The third-order valence-electron chi connectivity index (χ3n) is 3.91. The Hall–Kier alpha value is -1.75. The lowest BCUT2D eigenvalue weighted by Gasteiger charge is -2.33. The second-order valence-corrected chi connectivity index (χ2v) is 5.41. The Morgan fingerprint density at radius 3 is 2.71 bits per heavy atom. The number of hydrogen-bond donors (Lipinski definition) is 2. The van der Waals surface area contributed by atoms with E-state index in [9.17, 15) is 9.90 Å². The second-order valence-electron chi connectivity index (χ2n) is 5.41. The normalized spacial score (nSPS) is 17.5. The summed E-state index contributed by atoms with van der Waals surface area (Å²) in [4.78, 5) is 13.4. The summed E-state index contributed by atoms with van der Waals surface area (Å²) >= 11 is 0. The Balaban J connectivity index is 1.83. The molecule has 1 fully saturated rings. The van der Waals surface area contributed by atoms with Gasteiger partial charge in [0.2, 0.25) is 0 Å². The van der Waals surface area contributed by atoms with Gasteiger partial charge in [-0.05, 0) is 32.8 Å². The summed E-state index contributed by atoms with van der Waals surface area (Å²) in [6, 6.07) is 7.83. The number of benzene rings is 1. The van der Waals surface area contributed by atoms with Crippen molar-refractivity contribution in [2.45, 2.75) is 38.8 Å². The van der Waals surface area contributed by atoms with Gasteiger partial charge in [-0.25, -0.2) is 4.79 Å². The van der Waals surface area contributed by atoms with Crippen LogP contribution >= 0.6 is 0 Å². The molecule has 116 valence electrons. The number of rotatable bonds is 4. The molecular formula is C16H24N2O3. The molecule has 0 radical (unpaired) electrons. The molecule has 1 unspecified atom stereocenters. The number of aromatic hydroxyl groups is 1. The first-order valence-corrected chi connectivity index (χ1v) is 7.57. The molecule has 2 N–H and O–H groups in total. The van der Waals surface area contributed by atoms with Gasteiger partial charge in [0.05, 0.1) is 6.61 Å². The van der Waals surface area contributed by atoms with Crippen molar-refractivity contribution in [2.24, 2.45) is 0 Å². The minimum absolute atomic E-state index is 0.0883. The zero-order valence-corrected chi connectivity index (χ0v) is 12.7. The monoisotopic (exact) mass is 292 g/mol. The van der Waals surface area contributed by atoms with Crippen molar-refractivity contribution in [3.63, 3.8) is 0 Å². The average molecular weight is 292 g/mol. The lowest BCUT2D eigenvalue weighted by Crippen LogP contribution is -2.45. The molecule has 1 aliphatic rings. The maximum absolute atomic E-state index is 11.6. The van der Waals surface area contributed by atoms with Gasteiger partial charge in [0.1, 0.15) is 5.75 Å². The highest BCUT2D eigenvalue weighted by Crippen LogP contribution is 2.24. The fourth-order valence-electron chi connectivity index (χ4n) is 2.74. The maximum atomic E-state index is 11.6. The second kappa shape index (κ2) is 7.31. The number of phenolic OH excluding ortho intramolecular Hbond substituents is 1. The highest BCUT2D eigenvalue weighted by atomic mass is 16.6. The molecule has 0 aliphatic carbocycles. The Bertz CT molecular complexity index is 470. The van der Waals surface area contributed by atoms with Crippen molar-refractivity contribution in [2.75, 3.05) is 19.7 Å². The molecule has 1 aromatic carbocycles. The Kier molecular flexibility index (Phi) is 5.44. The van der Waals surface area contributed by atoms with Crippen LogP contribution in [0, 0.1) is 0 Å². The third-order valence-corrected chi connectivity index (χ3v) is 3.91. The zero-order chi connectivity index (χ0) is 15.2. The first kappa shape index (κ1) is 15.6. The van der Waals surface area contributed by atoms with Crippen LogP contribution in [0.5, 0.6) is 5.75 Å². The number of amides is 1. The molecule has 1 aromatic rings. The number of carbonyl (C=O) groups is 1. The number of ether oxygens (including phenoxy) is 1. The summed E-state index contributed by atoms with van der Waals surface area (Å²) in [5.41, 5.74) is 0.908. The lowest BCUT2D eigenvalue weighted by atomic mass is 10.0. The van der Waals surface area contributed by atoms with E-state index in [0.717, 1.165) is 18.4 Å². The molecule has 21 heavy (non-hydrogen) atoms. The summed E-state index contributed by atoms with van der Waals surface area (Å²) in [7, 11) is 0. The van der Waals surface area contributed by atoms with E-state index in [1.54, 1.807) is 11.0 Å². The molecular weight excluding hydrogens is 268 g/mol. The summed E-state index contributed by atoms with van der Waals surface area (Å²) in [5, 5.41) is 13.4. The number of piperidine rings is 1. The van der Waals surface area contributed by atoms with Gasteiger partial charge in [-0.3, -0.25) is 0 Å². The van der Waals surface area contributed by atoms with Crippen LogP contribution in [0.15, 0.2) is 24.3 Å². The molecule has 0 bridgehead atoms. The van der Waals surface area contributed by atoms with Crippen LogP contribution in [-0.2, 0) is 4.74 Å². The highest BCUT2D eigenvalue weighted by molar-refractivity contribution is 5.67. The Morgan fingerprint density at radius 1 is 1.43 bits per heavy atom. The van der Waals surface area contributed by atoms with E-state index in [2.05, 4.69) is 5.32 Å². The van der Waals surface area contributed by atoms with Crippen LogP contribution in [0.25, 0.3) is 0 Å². The van der Waals surface area contributed by atoms with Gasteiger partial charge in [0, 0.05) is 30.7 Å². The van der Waals surface area contributed by atoms with Gasteiger partial charge in [0.25, 0.3) is 0 Å². The van der Waals surface area contributed by atoms with Gasteiger partial charge in [-0.2, -0.15) is 0 Å². The Labute approximate surface area is 125 Å². The highest BCUT2D eigenvalue weighted by Gasteiger charge is 2.24. The topological polar surface area (TPSA) is 61.8 Å². The van der Waals surface area contributed by atoms with E-state index >= 15 is 0 Å². The molecule has 1 saturated heterocycles. The summed E-state index contributed by atoms with van der Waals surface area (Å²) in [6.45, 7) is 5.71. The molecule has 2 rings (SSSR count). The van der Waals surface area contributed by atoms with Crippen LogP contribution in [0.2, 0.25) is 0 Å². The number of nitrogens with one attached hydrogen (secondary N) is 1. The van der Waals surface area contributed by atoms with E-state index in [-0.39, 0.29) is 12.1 Å². The van der Waals surface area contributed by atoms with Gasteiger partial charge in [-0.1, -0.05) is 18.2 Å². The number of likely N-dealkylation sites (tertiary alicyclic amines) is 1. The predicted octanol–water partition coefficient (Wildman–Crippen LogP) is 2.66. The van der Waals surface area contributed by atoms with Crippen molar-refractivity contribution in [1.29, 1.82) is 0 Å². The molecule has 1 heterocycles. The Morgan fingerprint density at radius 2 is 2.10 bits per heavy atom. The van der Waals surface area contributed by atoms with Crippen LogP contribution in [-0.4, -0.2) is 41.8 Å². The molecule has 5 nitrogen and oxygen atoms in total. The predicted molar refractivity (Wildman–Crippen MR) is 81.3 cm³/mol. The number of hydrogen-bond acceptors (Lipinski definition) is 4. The largest absolute Gasteiger partial charge is 0.508 e. The minimum atomic E-state index is -0.218. The first-order valence-electron chi connectivity index (χ1n) is 7.57. The number of phenols is 1. The van der Waals surface area contributed by atoms with E-state index < -0.39 is 0 Å². The van der Waals surface area contributed by atoms with E-state index in [1.165, 1.54) is 0 Å². The van der Waals surface area contributed by atoms with Crippen LogP contribution in [0.1, 0.15) is 38.3 Å². The minimum Gasteiger partial charge on any atom is -0.508 e. The van der Waals surface area contributed by atoms with Gasteiger partial charge >= 0.3 is 6.09 Å². The first-order chi connectivity index (χ1) is 10.1. The van der Waals surface area contributed by atoms with Crippen LogP contribution in [0.4, 0.5) is 4.79 Å². The summed E-state index contributed by atoms with van der Waals surface area (Å²) in [6.07, 6.45) is 1.58. The lowest BCUT2D eigenvalue weighted by molar-refractivity contribution is 0.0943. The maximum Gasteiger partial charge on any atom is 0.409 e. The molecule has 0 spiro atoms. The van der Waals surface area contributed by atoms with E-state index in [4.69, 9.17) is 4.74 Å². The number of nitrogens with zero attached hydrogens (tertiary/aromatic N) is 1. The zero-order valence-electron chi connectivity index (χ0n) is 12.7. The van der Waals surface area contributed by atoms with Gasteiger partial charge in [0.15, 0.2) is 0 Å². The molecule has 1 amide bonds. The average Bonchev–Trinajstić information content (AvgIpc) is 2.48. The van der Waals surface area contributed by atoms with Crippen molar-refractivity contribution >= 4 is 6.09 Å². The molecule has 5 heteroatoms. The van der Waals surface area contributed by atoms with Gasteiger partial charge in [-0.15, -0.1) is 0 Å². The van der Waals surface area contributed by atoms with Crippen LogP contribution < -0.4 is 5.32 Å². The fourth-order valence-corrected chi connectivity index (χ4v) is 2.74.